The lowest BCUT2D eigenvalue weighted by molar-refractivity contribution is -0.0603. The Bertz CT molecular complexity index is 427. The van der Waals surface area contributed by atoms with Crippen LogP contribution in [-0.4, -0.2) is 17.0 Å². The molecule has 1 unspecified atom stereocenters. The van der Waals surface area contributed by atoms with E-state index in [1.807, 2.05) is 6.92 Å². The van der Waals surface area contributed by atoms with Crippen molar-refractivity contribution in [1.29, 1.82) is 0 Å². The summed E-state index contributed by atoms with van der Waals surface area (Å²) in [5.41, 5.74) is 0.925. The summed E-state index contributed by atoms with van der Waals surface area (Å²) in [6.45, 7) is 3.54. The Balaban J connectivity index is 2.59. The largest absolute Gasteiger partial charge is 0.478 e. The fraction of sp³-hybridized carbons (Fsp3) is 0.562. The molecule has 0 aliphatic rings. The average Bonchev–Trinajstić information content (AvgIpc) is 2.39. The summed E-state index contributed by atoms with van der Waals surface area (Å²) in [5, 5.41) is 8.79. The van der Waals surface area contributed by atoms with Crippen LogP contribution in [0.4, 0.5) is 8.78 Å². The highest BCUT2D eigenvalue weighted by molar-refractivity contribution is 5.87. The Hall–Kier alpha value is -1.45. The van der Waals surface area contributed by atoms with Crippen molar-refractivity contribution in [2.24, 2.45) is 5.92 Å². The highest BCUT2D eigenvalue weighted by Crippen LogP contribution is 2.32. The van der Waals surface area contributed by atoms with E-state index in [9.17, 15) is 13.6 Å². The summed E-state index contributed by atoms with van der Waals surface area (Å²) in [6, 6.07) is 6.14. The van der Waals surface area contributed by atoms with Gasteiger partial charge < -0.3 is 5.11 Å². The Morgan fingerprint density at radius 3 is 2.35 bits per heavy atom. The van der Waals surface area contributed by atoms with Crippen LogP contribution < -0.4 is 0 Å². The number of carboxylic acid groups (broad SMARTS) is 1. The van der Waals surface area contributed by atoms with Gasteiger partial charge in [0.2, 0.25) is 0 Å². The molecule has 0 saturated carbocycles. The average molecular weight is 284 g/mol. The van der Waals surface area contributed by atoms with Gasteiger partial charge in [0.1, 0.15) is 0 Å². The van der Waals surface area contributed by atoms with Crippen molar-refractivity contribution in [3.8, 4) is 0 Å². The van der Waals surface area contributed by atoms with E-state index in [2.05, 4.69) is 0 Å². The summed E-state index contributed by atoms with van der Waals surface area (Å²) in [5.74, 6) is -4.41. The number of unbranched alkanes of at least 4 members (excludes halogenated alkanes) is 2. The second-order valence-corrected chi connectivity index (χ2v) is 5.33. The lowest BCUT2D eigenvalue weighted by Crippen LogP contribution is -2.27. The van der Waals surface area contributed by atoms with Crippen molar-refractivity contribution in [2.45, 2.75) is 51.9 Å². The molecule has 0 heterocycles. The van der Waals surface area contributed by atoms with Gasteiger partial charge in [0, 0.05) is 12.3 Å². The number of halogens is 2. The van der Waals surface area contributed by atoms with Gasteiger partial charge in [-0.25, -0.2) is 13.6 Å². The molecule has 0 aliphatic carbocycles. The Morgan fingerprint density at radius 2 is 1.85 bits per heavy atom. The predicted octanol–water partition coefficient (Wildman–Crippen LogP) is 4.78. The first kappa shape index (κ1) is 16.6. The van der Waals surface area contributed by atoms with Gasteiger partial charge in [0.25, 0.3) is 5.92 Å². The summed E-state index contributed by atoms with van der Waals surface area (Å²) in [6.07, 6.45) is 2.50. The predicted molar refractivity (Wildman–Crippen MR) is 75.4 cm³/mol. The first-order valence-electron chi connectivity index (χ1n) is 7.07. The number of carboxylic acids is 1. The van der Waals surface area contributed by atoms with Gasteiger partial charge >= 0.3 is 5.97 Å². The molecule has 0 fully saturated rings. The topological polar surface area (TPSA) is 37.3 Å². The van der Waals surface area contributed by atoms with Crippen LogP contribution in [-0.2, 0) is 6.42 Å². The van der Waals surface area contributed by atoms with E-state index in [0.717, 1.165) is 18.4 Å². The zero-order valence-electron chi connectivity index (χ0n) is 12.0. The van der Waals surface area contributed by atoms with E-state index in [1.54, 1.807) is 19.1 Å². The second kappa shape index (κ2) is 7.36. The molecule has 112 valence electrons. The van der Waals surface area contributed by atoms with Crippen LogP contribution in [0.5, 0.6) is 0 Å². The van der Waals surface area contributed by atoms with Crippen molar-refractivity contribution in [3.63, 3.8) is 0 Å². The zero-order chi connectivity index (χ0) is 15.2. The van der Waals surface area contributed by atoms with Crippen LogP contribution in [0, 0.1) is 5.92 Å². The van der Waals surface area contributed by atoms with Crippen LogP contribution >= 0.6 is 0 Å². The fourth-order valence-corrected chi connectivity index (χ4v) is 2.14. The third kappa shape index (κ3) is 4.91. The van der Waals surface area contributed by atoms with E-state index >= 15 is 0 Å². The van der Waals surface area contributed by atoms with Crippen LogP contribution in [0.1, 0.15) is 55.5 Å². The van der Waals surface area contributed by atoms with Gasteiger partial charge in [-0.2, -0.15) is 0 Å². The number of alkyl halides is 2. The summed E-state index contributed by atoms with van der Waals surface area (Å²) < 4.78 is 27.9. The van der Waals surface area contributed by atoms with Gasteiger partial charge in [-0.3, -0.25) is 0 Å². The van der Waals surface area contributed by atoms with Crippen molar-refractivity contribution in [2.75, 3.05) is 0 Å². The third-order valence-electron chi connectivity index (χ3n) is 3.58. The summed E-state index contributed by atoms with van der Waals surface area (Å²) >= 11 is 0. The number of hydrogen-bond acceptors (Lipinski definition) is 1. The maximum atomic E-state index is 13.9. The van der Waals surface area contributed by atoms with Gasteiger partial charge in [0.15, 0.2) is 0 Å². The quantitative estimate of drug-likeness (QED) is 0.697. The molecule has 0 radical (unpaired) electrons. The van der Waals surface area contributed by atoms with Gasteiger partial charge in [-0.1, -0.05) is 38.8 Å². The van der Waals surface area contributed by atoms with Crippen molar-refractivity contribution in [1.82, 2.24) is 0 Å². The van der Waals surface area contributed by atoms with Crippen LogP contribution in [0.3, 0.4) is 0 Å². The third-order valence-corrected chi connectivity index (χ3v) is 3.58. The van der Waals surface area contributed by atoms with E-state index in [4.69, 9.17) is 5.11 Å². The number of hydrogen-bond donors (Lipinski definition) is 1. The molecular formula is C16H22F2O2. The number of benzene rings is 1. The summed E-state index contributed by atoms with van der Waals surface area (Å²) in [7, 11) is 0. The highest BCUT2D eigenvalue weighted by atomic mass is 19.3. The van der Waals surface area contributed by atoms with Crippen LogP contribution in [0.25, 0.3) is 0 Å². The van der Waals surface area contributed by atoms with Crippen molar-refractivity contribution in [3.05, 3.63) is 35.4 Å². The minimum atomic E-state index is -2.67. The number of carbonyl (C=O) groups is 1. The first-order valence-corrected chi connectivity index (χ1v) is 7.07. The lowest BCUT2D eigenvalue weighted by atomic mass is 9.91. The molecule has 0 aromatic heterocycles. The monoisotopic (exact) mass is 284 g/mol. The molecule has 4 heteroatoms. The molecule has 1 N–H and O–H groups in total. The molecule has 0 spiro atoms. The molecule has 20 heavy (non-hydrogen) atoms. The zero-order valence-corrected chi connectivity index (χ0v) is 12.0. The minimum Gasteiger partial charge on any atom is -0.478 e. The standard InChI is InChI=1S/C16H22F2O2/c1-3-4-5-10-16(17,18)12(2)11-13-6-8-14(9-7-13)15(19)20/h6-9,12H,3-5,10-11H2,1-2H3,(H,19,20). The second-order valence-electron chi connectivity index (χ2n) is 5.33. The van der Waals surface area contributed by atoms with E-state index in [0.29, 0.717) is 6.42 Å². The van der Waals surface area contributed by atoms with E-state index in [1.165, 1.54) is 12.1 Å². The Labute approximate surface area is 118 Å². The summed E-state index contributed by atoms with van der Waals surface area (Å²) in [4.78, 5) is 10.7. The van der Waals surface area contributed by atoms with Crippen LogP contribution in [0.15, 0.2) is 24.3 Å². The Morgan fingerprint density at radius 1 is 1.25 bits per heavy atom. The molecule has 2 nitrogen and oxygen atoms in total. The molecule has 0 amide bonds. The van der Waals surface area contributed by atoms with Crippen molar-refractivity contribution < 1.29 is 18.7 Å². The molecule has 0 bridgehead atoms. The SMILES string of the molecule is CCCCCC(F)(F)C(C)Cc1ccc(C(=O)O)cc1. The van der Waals surface area contributed by atoms with Gasteiger partial charge in [-0.05, 0) is 30.5 Å². The normalized spacial score (nSPS) is 13.2. The smallest absolute Gasteiger partial charge is 0.335 e. The van der Waals surface area contributed by atoms with Gasteiger partial charge in [0.05, 0.1) is 5.56 Å². The van der Waals surface area contributed by atoms with Crippen LogP contribution in [0.2, 0.25) is 0 Å². The molecular weight excluding hydrogens is 262 g/mol. The molecule has 1 aromatic carbocycles. The fourth-order valence-electron chi connectivity index (χ4n) is 2.14. The molecule has 0 saturated heterocycles. The van der Waals surface area contributed by atoms with Crippen molar-refractivity contribution >= 4 is 5.97 Å². The van der Waals surface area contributed by atoms with Gasteiger partial charge in [-0.15, -0.1) is 0 Å². The molecule has 0 aliphatic heterocycles. The number of rotatable bonds is 8. The molecule has 1 atom stereocenters. The maximum Gasteiger partial charge on any atom is 0.335 e. The maximum absolute atomic E-state index is 13.9. The molecule has 1 aromatic rings. The lowest BCUT2D eigenvalue weighted by Gasteiger charge is -2.23. The van der Waals surface area contributed by atoms with E-state index < -0.39 is 17.8 Å². The first-order chi connectivity index (χ1) is 9.36. The molecule has 1 rings (SSSR count). The van der Waals surface area contributed by atoms with E-state index in [-0.39, 0.29) is 18.4 Å². The highest BCUT2D eigenvalue weighted by Gasteiger charge is 2.35. The number of aromatic carboxylic acids is 1. The minimum absolute atomic E-state index is 0.0742. The Kier molecular flexibility index (Phi) is 6.11.